The maximum atomic E-state index is 10.7. The fourth-order valence-corrected chi connectivity index (χ4v) is 0.870. The van der Waals surface area contributed by atoms with E-state index in [1.54, 1.807) is 0 Å². The van der Waals surface area contributed by atoms with Crippen molar-refractivity contribution in [3.8, 4) is 12.3 Å². The maximum Gasteiger partial charge on any atom is 0.336 e. The van der Waals surface area contributed by atoms with E-state index in [1.165, 1.54) is 12.5 Å². The normalized spacial score (nSPS) is 14.5. The van der Waals surface area contributed by atoms with Gasteiger partial charge in [-0.1, -0.05) is 5.92 Å². The molecule has 0 saturated heterocycles. The smallest absolute Gasteiger partial charge is 0.336 e. The predicted molar refractivity (Wildman–Crippen MR) is 45.7 cm³/mol. The Morgan fingerprint density at radius 2 is 2.62 bits per heavy atom. The van der Waals surface area contributed by atoms with Crippen molar-refractivity contribution in [1.82, 2.24) is 9.97 Å². The lowest BCUT2D eigenvalue weighted by atomic mass is 9.96. The van der Waals surface area contributed by atoms with Crippen LogP contribution in [0.1, 0.15) is 5.69 Å². The van der Waals surface area contributed by atoms with Crippen LogP contribution in [0, 0.1) is 12.3 Å². The molecule has 5 heteroatoms. The predicted octanol–water partition coefficient (Wildman–Crippen LogP) is -0.633. The van der Waals surface area contributed by atoms with Gasteiger partial charge in [0.15, 0.2) is 5.54 Å². The molecule has 68 valence electrons. The van der Waals surface area contributed by atoms with Gasteiger partial charge in [-0.3, -0.25) is 0 Å². The zero-order valence-electron chi connectivity index (χ0n) is 6.82. The van der Waals surface area contributed by atoms with Gasteiger partial charge in [0.25, 0.3) is 0 Å². The number of terminal acetylenes is 1. The molecule has 0 fully saturated rings. The number of imidazole rings is 1. The second kappa shape index (κ2) is 3.29. The first-order valence-corrected chi connectivity index (χ1v) is 3.56. The summed E-state index contributed by atoms with van der Waals surface area (Å²) in [6.45, 7) is 0. The number of H-pyrrole nitrogens is 1. The van der Waals surface area contributed by atoms with Gasteiger partial charge in [-0.05, 0) is 0 Å². The van der Waals surface area contributed by atoms with Crippen molar-refractivity contribution in [3.63, 3.8) is 0 Å². The van der Waals surface area contributed by atoms with E-state index in [2.05, 4.69) is 9.97 Å². The SMILES string of the molecule is C#CC(N)(Cc1cnc[nH]1)C(=O)O. The highest BCUT2D eigenvalue weighted by Gasteiger charge is 2.32. The van der Waals surface area contributed by atoms with Crippen LogP contribution >= 0.6 is 0 Å². The molecule has 0 radical (unpaired) electrons. The Balaban J connectivity index is 2.83. The molecule has 4 N–H and O–H groups in total. The van der Waals surface area contributed by atoms with Crippen LogP contribution in [0.15, 0.2) is 12.5 Å². The van der Waals surface area contributed by atoms with E-state index < -0.39 is 11.5 Å². The molecule has 0 saturated carbocycles. The Bertz CT molecular complexity index is 339. The highest BCUT2D eigenvalue weighted by atomic mass is 16.4. The lowest BCUT2D eigenvalue weighted by molar-refractivity contribution is -0.141. The molecule has 0 aliphatic heterocycles. The molecule has 0 aliphatic carbocycles. The first-order valence-electron chi connectivity index (χ1n) is 3.56. The average Bonchev–Trinajstić information content (AvgIpc) is 2.56. The molecule has 13 heavy (non-hydrogen) atoms. The molecule has 0 aliphatic rings. The van der Waals surface area contributed by atoms with E-state index in [0.717, 1.165) is 0 Å². The van der Waals surface area contributed by atoms with Crippen LogP contribution in [0.25, 0.3) is 0 Å². The Kier molecular flexibility index (Phi) is 2.35. The molecule has 1 aromatic heterocycles. The van der Waals surface area contributed by atoms with Crippen LogP contribution in [0.4, 0.5) is 0 Å². The molecular formula is C8H9N3O2. The summed E-state index contributed by atoms with van der Waals surface area (Å²) in [5.74, 6) is 0.829. The van der Waals surface area contributed by atoms with Gasteiger partial charge in [0, 0.05) is 18.3 Å². The fourth-order valence-electron chi connectivity index (χ4n) is 0.870. The molecule has 0 bridgehead atoms. The van der Waals surface area contributed by atoms with E-state index in [4.69, 9.17) is 17.3 Å². The third-order valence-electron chi connectivity index (χ3n) is 1.66. The van der Waals surface area contributed by atoms with Gasteiger partial charge in [0.2, 0.25) is 0 Å². The number of hydrogen-bond donors (Lipinski definition) is 3. The Morgan fingerprint density at radius 1 is 1.92 bits per heavy atom. The van der Waals surface area contributed by atoms with Crippen LogP contribution in [0.5, 0.6) is 0 Å². The molecular weight excluding hydrogens is 170 g/mol. The van der Waals surface area contributed by atoms with Crippen molar-refractivity contribution in [3.05, 3.63) is 18.2 Å². The summed E-state index contributed by atoms with van der Waals surface area (Å²) in [6.07, 6.45) is 8.00. The third kappa shape index (κ3) is 1.86. The van der Waals surface area contributed by atoms with Crippen LogP contribution < -0.4 is 5.73 Å². The lowest BCUT2D eigenvalue weighted by Crippen LogP contribution is -2.48. The number of carbonyl (C=O) groups is 1. The second-order valence-corrected chi connectivity index (χ2v) is 2.67. The van der Waals surface area contributed by atoms with Gasteiger partial charge >= 0.3 is 5.97 Å². The second-order valence-electron chi connectivity index (χ2n) is 2.67. The average molecular weight is 179 g/mol. The first-order chi connectivity index (χ1) is 6.08. The third-order valence-corrected chi connectivity index (χ3v) is 1.66. The van der Waals surface area contributed by atoms with Crippen molar-refractivity contribution < 1.29 is 9.90 Å². The van der Waals surface area contributed by atoms with E-state index in [0.29, 0.717) is 5.69 Å². The minimum atomic E-state index is -1.66. The van der Waals surface area contributed by atoms with Gasteiger partial charge in [-0.2, -0.15) is 0 Å². The maximum absolute atomic E-state index is 10.7. The van der Waals surface area contributed by atoms with Crippen molar-refractivity contribution in [2.75, 3.05) is 0 Å². The molecule has 1 rings (SSSR count). The van der Waals surface area contributed by atoms with E-state index in [9.17, 15) is 4.79 Å². The zero-order valence-corrected chi connectivity index (χ0v) is 6.82. The minimum absolute atomic E-state index is 0.0405. The van der Waals surface area contributed by atoms with Gasteiger partial charge in [0.05, 0.1) is 6.33 Å². The minimum Gasteiger partial charge on any atom is -0.479 e. The summed E-state index contributed by atoms with van der Waals surface area (Å²) in [6, 6.07) is 0. The number of rotatable bonds is 3. The van der Waals surface area contributed by atoms with Gasteiger partial charge in [0.1, 0.15) is 0 Å². The van der Waals surface area contributed by atoms with Crippen molar-refractivity contribution in [1.29, 1.82) is 0 Å². The fraction of sp³-hybridized carbons (Fsp3) is 0.250. The van der Waals surface area contributed by atoms with E-state index in [1.807, 2.05) is 5.92 Å². The van der Waals surface area contributed by atoms with Crippen LogP contribution in [0.2, 0.25) is 0 Å². The molecule has 0 aromatic carbocycles. The van der Waals surface area contributed by atoms with Gasteiger partial charge < -0.3 is 15.8 Å². The number of carboxylic acid groups (broad SMARTS) is 1. The number of aromatic amines is 1. The molecule has 0 amide bonds. The van der Waals surface area contributed by atoms with Crippen LogP contribution in [-0.4, -0.2) is 26.6 Å². The number of nitrogens with zero attached hydrogens (tertiary/aromatic N) is 1. The van der Waals surface area contributed by atoms with Gasteiger partial charge in [-0.25, -0.2) is 9.78 Å². The Hall–Kier alpha value is -1.80. The standard InChI is InChI=1S/C8H9N3O2/c1-2-8(9,7(12)13)3-6-4-10-5-11-6/h1,4-5H,3,9H2,(H,10,11)(H,12,13). The first kappa shape index (κ1) is 9.29. The number of aromatic nitrogens is 2. The monoisotopic (exact) mass is 179 g/mol. The number of nitrogens with one attached hydrogen (secondary N) is 1. The summed E-state index contributed by atoms with van der Waals surface area (Å²) in [7, 11) is 0. The molecule has 1 heterocycles. The largest absolute Gasteiger partial charge is 0.479 e. The number of nitrogens with two attached hydrogens (primary N) is 1. The van der Waals surface area contributed by atoms with E-state index in [-0.39, 0.29) is 6.42 Å². The topological polar surface area (TPSA) is 92.0 Å². The summed E-state index contributed by atoms with van der Waals surface area (Å²) in [5, 5.41) is 8.73. The van der Waals surface area contributed by atoms with Gasteiger partial charge in [-0.15, -0.1) is 6.42 Å². The van der Waals surface area contributed by atoms with E-state index >= 15 is 0 Å². The molecule has 1 aromatic rings. The lowest BCUT2D eigenvalue weighted by Gasteiger charge is -2.16. The molecule has 0 spiro atoms. The Labute approximate surface area is 75.0 Å². The summed E-state index contributed by atoms with van der Waals surface area (Å²) >= 11 is 0. The van der Waals surface area contributed by atoms with Crippen LogP contribution in [-0.2, 0) is 11.2 Å². The van der Waals surface area contributed by atoms with Crippen molar-refractivity contribution >= 4 is 5.97 Å². The zero-order chi connectivity index (χ0) is 9.90. The summed E-state index contributed by atoms with van der Waals surface area (Å²) < 4.78 is 0. The molecule has 1 atom stereocenters. The summed E-state index contributed by atoms with van der Waals surface area (Å²) in [4.78, 5) is 17.1. The van der Waals surface area contributed by atoms with Crippen molar-refractivity contribution in [2.24, 2.45) is 5.73 Å². The highest BCUT2D eigenvalue weighted by molar-refractivity contribution is 5.83. The number of hydrogen-bond acceptors (Lipinski definition) is 3. The quantitative estimate of drug-likeness (QED) is 0.538. The number of carboxylic acids is 1. The Morgan fingerprint density at radius 3 is 3.00 bits per heavy atom. The molecule has 1 unspecified atom stereocenters. The highest BCUT2D eigenvalue weighted by Crippen LogP contribution is 2.07. The van der Waals surface area contributed by atoms with Crippen LogP contribution in [0.3, 0.4) is 0 Å². The van der Waals surface area contributed by atoms with Crippen molar-refractivity contribution in [2.45, 2.75) is 12.0 Å². The number of aliphatic carboxylic acids is 1. The summed E-state index contributed by atoms with van der Waals surface area (Å²) in [5.41, 5.74) is 4.39. The molecule has 5 nitrogen and oxygen atoms in total.